The third kappa shape index (κ3) is 2.04. The van der Waals surface area contributed by atoms with Crippen LogP contribution in [-0.2, 0) is 11.2 Å². The molecule has 0 bridgehead atoms. The average Bonchev–Trinajstić information content (AvgIpc) is 1.93. The van der Waals surface area contributed by atoms with E-state index >= 15 is 0 Å². The van der Waals surface area contributed by atoms with Crippen molar-refractivity contribution >= 4 is 5.97 Å². The number of aryl methyl sites for hydroxylation is 1. The van der Waals surface area contributed by atoms with Crippen molar-refractivity contribution in [2.75, 3.05) is 0 Å². The normalized spacial score (nSPS) is 9.55. The topological polar surface area (TPSA) is 50.2 Å². The maximum absolute atomic E-state index is 10.3. The predicted octanol–water partition coefficient (Wildman–Crippen LogP) is 1.02. The predicted molar refractivity (Wildman–Crippen MR) is 40.3 cm³/mol. The van der Waals surface area contributed by atoms with Gasteiger partial charge in [0.2, 0.25) is 0 Å². The Balaban J connectivity index is 2.86. The monoisotopic (exact) mass is 151 g/mol. The summed E-state index contributed by atoms with van der Waals surface area (Å²) in [5.41, 5.74) is 1.56. The average molecular weight is 151 g/mol. The highest BCUT2D eigenvalue weighted by Crippen LogP contribution is 2.02. The van der Waals surface area contributed by atoms with Crippen molar-refractivity contribution in [2.24, 2.45) is 0 Å². The standard InChI is InChI=1S/C8H9NO2/c1-6-3-2-4-9-7(6)5-8(10)11/h2-4H,5H2,1H3,(H,10,11). The summed E-state index contributed by atoms with van der Waals surface area (Å²) in [5, 5.41) is 8.45. The van der Waals surface area contributed by atoms with Crippen LogP contribution in [0.5, 0.6) is 0 Å². The van der Waals surface area contributed by atoms with Crippen LogP contribution in [-0.4, -0.2) is 16.1 Å². The van der Waals surface area contributed by atoms with Crippen molar-refractivity contribution in [1.29, 1.82) is 0 Å². The van der Waals surface area contributed by atoms with Crippen LogP contribution in [0.25, 0.3) is 0 Å². The summed E-state index contributed by atoms with van der Waals surface area (Å²) >= 11 is 0. The Hall–Kier alpha value is -1.38. The summed E-state index contributed by atoms with van der Waals surface area (Å²) in [4.78, 5) is 14.2. The zero-order valence-electron chi connectivity index (χ0n) is 6.24. The lowest BCUT2D eigenvalue weighted by Gasteiger charge is -1.98. The molecule has 0 aliphatic rings. The lowest BCUT2D eigenvalue weighted by molar-refractivity contribution is -0.136. The third-order valence-corrected chi connectivity index (χ3v) is 1.44. The first-order valence-corrected chi connectivity index (χ1v) is 3.32. The molecule has 0 aromatic carbocycles. The van der Waals surface area contributed by atoms with Crippen molar-refractivity contribution < 1.29 is 9.90 Å². The highest BCUT2D eigenvalue weighted by molar-refractivity contribution is 5.69. The van der Waals surface area contributed by atoms with Crippen molar-refractivity contribution in [2.45, 2.75) is 13.3 Å². The zero-order valence-corrected chi connectivity index (χ0v) is 6.24. The Bertz CT molecular complexity index is 271. The molecule has 0 saturated heterocycles. The van der Waals surface area contributed by atoms with Gasteiger partial charge in [0.1, 0.15) is 0 Å². The van der Waals surface area contributed by atoms with Crippen molar-refractivity contribution in [1.82, 2.24) is 4.98 Å². The van der Waals surface area contributed by atoms with Gasteiger partial charge in [-0.2, -0.15) is 0 Å². The molecule has 3 nitrogen and oxygen atoms in total. The van der Waals surface area contributed by atoms with E-state index in [1.54, 1.807) is 12.3 Å². The minimum absolute atomic E-state index is 0.00662. The van der Waals surface area contributed by atoms with Gasteiger partial charge in [0.25, 0.3) is 0 Å². The number of rotatable bonds is 2. The van der Waals surface area contributed by atoms with Gasteiger partial charge in [-0.05, 0) is 18.6 Å². The number of aromatic nitrogens is 1. The zero-order chi connectivity index (χ0) is 8.27. The first-order chi connectivity index (χ1) is 5.20. The molecule has 0 spiro atoms. The van der Waals surface area contributed by atoms with E-state index in [4.69, 9.17) is 5.11 Å². The number of hydrogen-bond donors (Lipinski definition) is 1. The first-order valence-electron chi connectivity index (χ1n) is 3.32. The minimum atomic E-state index is -0.841. The van der Waals surface area contributed by atoms with E-state index in [-0.39, 0.29) is 6.42 Å². The number of hydrogen-bond acceptors (Lipinski definition) is 2. The van der Waals surface area contributed by atoms with E-state index in [1.807, 2.05) is 13.0 Å². The lowest BCUT2D eigenvalue weighted by atomic mass is 10.2. The number of nitrogens with zero attached hydrogens (tertiary/aromatic N) is 1. The summed E-state index contributed by atoms with van der Waals surface area (Å²) in [6.45, 7) is 1.85. The molecule has 0 aliphatic carbocycles. The maximum Gasteiger partial charge on any atom is 0.309 e. The molecule has 0 saturated carbocycles. The van der Waals surface area contributed by atoms with Crippen LogP contribution >= 0.6 is 0 Å². The molecule has 1 rings (SSSR count). The summed E-state index contributed by atoms with van der Waals surface area (Å²) in [5.74, 6) is -0.841. The van der Waals surface area contributed by atoms with E-state index in [0.29, 0.717) is 5.69 Å². The van der Waals surface area contributed by atoms with Gasteiger partial charge in [-0.15, -0.1) is 0 Å². The number of carboxylic acid groups (broad SMARTS) is 1. The van der Waals surface area contributed by atoms with E-state index in [9.17, 15) is 4.79 Å². The maximum atomic E-state index is 10.3. The van der Waals surface area contributed by atoms with Gasteiger partial charge in [0.05, 0.1) is 12.1 Å². The summed E-state index contributed by atoms with van der Waals surface area (Å²) in [7, 11) is 0. The minimum Gasteiger partial charge on any atom is -0.481 e. The summed E-state index contributed by atoms with van der Waals surface area (Å²) in [6, 6.07) is 3.64. The van der Waals surface area contributed by atoms with Crippen molar-refractivity contribution in [3.05, 3.63) is 29.6 Å². The van der Waals surface area contributed by atoms with Crippen LogP contribution in [0.3, 0.4) is 0 Å². The van der Waals surface area contributed by atoms with Crippen LogP contribution in [0.1, 0.15) is 11.3 Å². The second-order valence-electron chi connectivity index (χ2n) is 2.34. The van der Waals surface area contributed by atoms with E-state index < -0.39 is 5.97 Å². The molecule has 58 valence electrons. The van der Waals surface area contributed by atoms with Crippen molar-refractivity contribution in [3.63, 3.8) is 0 Å². The van der Waals surface area contributed by atoms with Gasteiger partial charge < -0.3 is 5.11 Å². The molecule has 1 heterocycles. The highest BCUT2D eigenvalue weighted by Gasteiger charge is 2.02. The molecule has 0 amide bonds. The van der Waals surface area contributed by atoms with Crippen LogP contribution in [0.15, 0.2) is 18.3 Å². The van der Waals surface area contributed by atoms with Crippen LogP contribution in [0.4, 0.5) is 0 Å². The quantitative estimate of drug-likeness (QED) is 0.686. The largest absolute Gasteiger partial charge is 0.481 e. The van der Waals surface area contributed by atoms with Gasteiger partial charge >= 0.3 is 5.97 Å². The fourth-order valence-electron chi connectivity index (χ4n) is 0.847. The Kier molecular flexibility index (Phi) is 2.21. The smallest absolute Gasteiger partial charge is 0.309 e. The number of aliphatic carboxylic acids is 1. The fraction of sp³-hybridized carbons (Fsp3) is 0.250. The van der Waals surface area contributed by atoms with Crippen LogP contribution < -0.4 is 0 Å². The van der Waals surface area contributed by atoms with E-state index in [0.717, 1.165) is 5.56 Å². The SMILES string of the molecule is Cc1cccnc1CC(=O)O. The molecular weight excluding hydrogens is 142 g/mol. The van der Waals surface area contributed by atoms with Gasteiger partial charge in [0.15, 0.2) is 0 Å². The van der Waals surface area contributed by atoms with Gasteiger partial charge in [0, 0.05) is 6.20 Å². The van der Waals surface area contributed by atoms with Gasteiger partial charge in [-0.3, -0.25) is 9.78 Å². The van der Waals surface area contributed by atoms with Crippen LogP contribution in [0, 0.1) is 6.92 Å². The van der Waals surface area contributed by atoms with E-state index in [1.165, 1.54) is 0 Å². The molecule has 0 unspecified atom stereocenters. The number of pyridine rings is 1. The molecule has 0 radical (unpaired) electrons. The first kappa shape index (κ1) is 7.72. The second-order valence-corrected chi connectivity index (χ2v) is 2.34. The molecule has 1 aromatic rings. The molecule has 11 heavy (non-hydrogen) atoms. The third-order valence-electron chi connectivity index (χ3n) is 1.44. The Morgan fingerprint density at radius 3 is 3.00 bits per heavy atom. The summed E-state index contributed by atoms with van der Waals surface area (Å²) in [6.07, 6.45) is 1.61. The number of carboxylic acids is 1. The molecule has 0 atom stereocenters. The Morgan fingerprint density at radius 2 is 2.45 bits per heavy atom. The molecular formula is C8H9NO2. The Morgan fingerprint density at radius 1 is 1.73 bits per heavy atom. The molecule has 0 aliphatic heterocycles. The lowest BCUT2D eigenvalue weighted by Crippen LogP contribution is -2.03. The molecule has 1 aromatic heterocycles. The van der Waals surface area contributed by atoms with Gasteiger partial charge in [-0.25, -0.2) is 0 Å². The van der Waals surface area contributed by atoms with Crippen molar-refractivity contribution in [3.8, 4) is 0 Å². The molecule has 3 heteroatoms. The van der Waals surface area contributed by atoms with E-state index in [2.05, 4.69) is 4.98 Å². The highest BCUT2D eigenvalue weighted by atomic mass is 16.4. The molecule has 1 N–H and O–H groups in total. The Labute approximate surface area is 64.7 Å². The fourth-order valence-corrected chi connectivity index (χ4v) is 0.847. The second kappa shape index (κ2) is 3.14. The molecule has 0 fully saturated rings. The van der Waals surface area contributed by atoms with Gasteiger partial charge in [-0.1, -0.05) is 6.07 Å². The van der Waals surface area contributed by atoms with Crippen LogP contribution in [0.2, 0.25) is 0 Å². The summed E-state index contributed by atoms with van der Waals surface area (Å²) < 4.78 is 0. The number of carbonyl (C=O) groups is 1.